The van der Waals surface area contributed by atoms with Crippen molar-refractivity contribution < 1.29 is 19.1 Å². The molecule has 1 aliphatic heterocycles. The highest BCUT2D eigenvalue weighted by Gasteiger charge is 2.25. The van der Waals surface area contributed by atoms with Crippen LogP contribution in [0.2, 0.25) is 0 Å². The average Bonchev–Trinajstić information content (AvgIpc) is 2.94. The Hall–Kier alpha value is -1.88. The molecule has 1 atom stereocenters. The Morgan fingerprint density at radius 3 is 2.80 bits per heavy atom. The number of hydrogen-bond donors (Lipinski definition) is 1. The maximum Gasteiger partial charge on any atom is 0.335 e. The zero-order valence-corrected chi connectivity index (χ0v) is 11.8. The van der Waals surface area contributed by atoms with Crippen LogP contribution in [0.4, 0.5) is 5.69 Å². The smallest absolute Gasteiger partial charge is 0.335 e. The summed E-state index contributed by atoms with van der Waals surface area (Å²) in [5, 5.41) is 2.70. The number of esters is 1. The highest BCUT2D eigenvalue weighted by molar-refractivity contribution is 5.93. The molecular formula is C15H19NO4. The summed E-state index contributed by atoms with van der Waals surface area (Å²) in [4.78, 5) is 23.3. The van der Waals surface area contributed by atoms with Crippen molar-refractivity contribution in [3.05, 3.63) is 29.3 Å². The maximum atomic E-state index is 11.7. The first-order valence-corrected chi connectivity index (χ1v) is 6.71. The lowest BCUT2D eigenvalue weighted by Gasteiger charge is -2.10. The molecule has 1 saturated heterocycles. The third kappa shape index (κ3) is 3.81. The van der Waals surface area contributed by atoms with Crippen LogP contribution in [-0.2, 0) is 19.1 Å². The first-order chi connectivity index (χ1) is 9.56. The largest absolute Gasteiger partial charge is 0.454 e. The van der Waals surface area contributed by atoms with Crippen molar-refractivity contribution in [2.24, 2.45) is 0 Å². The molecule has 108 valence electrons. The van der Waals surface area contributed by atoms with Gasteiger partial charge in [0, 0.05) is 12.3 Å². The molecule has 1 aromatic rings. The summed E-state index contributed by atoms with van der Waals surface area (Å²) in [7, 11) is 0. The van der Waals surface area contributed by atoms with Crippen molar-refractivity contribution in [3.63, 3.8) is 0 Å². The lowest BCUT2D eigenvalue weighted by Crippen LogP contribution is -2.27. The van der Waals surface area contributed by atoms with Crippen LogP contribution in [0.5, 0.6) is 0 Å². The molecule has 5 heteroatoms. The zero-order valence-electron chi connectivity index (χ0n) is 11.8. The van der Waals surface area contributed by atoms with E-state index in [1.54, 1.807) is 0 Å². The quantitative estimate of drug-likeness (QED) is 0.854. The van der Waals surface area contributed by atoms with E-state index in [-0.39, 0.29) is 12.5 Å². The van der Waals surface area contributed by atoms with E-state index in [4.69, 9.17) is 9.47 Å². The van der Waals surface area contributed by atoms with Crippen LogP contribution in [0.25, 0.3) is 0 Å². The number of anilines is 1. The summed E-state index contributed by atoms with van der Waals surface area (Å²) in [6.45, 7) is 4.27. The number of benzene rings is 1. The van der Waals surface area contributed by atoms with Crippen LogP contribution in [0.1, 0.15) is 24.0 Å². The highest BCUT2D eigenvalue weighted by atomic mass is 16.6. The summed E-state index contributed by atoms with van der Waals surface area (Å²) in [5.74, 6) is -0.808. The number of hydrogen-bond acceptors (Lipinski definition) is 4. The van der Waals surface area contributed by atoms with Crippen LogP contribution in [0.15, 0.2) is 18.2 Å². The number of rotatable bonds is 4. The fourth-order valence-electron chi connectivity index (χ4n) is 2.01. The minimum atomic E-state index is -0.510. The third-order valence-corrected chi connectivity index (χ3v) is 3.33. The number of carbonyl (C=O) groups is 2. The zero-order chi connectivity index (χ0) is 14.5. The molecule has 1 aromatic carbocycles. The molecule has 0 aromatic heterocycles. The second-order valence-electron chi connectivity index (χ2n) is 4.96. The Kier molecular flexibility index (Phi) is 4.74. The predicted octanol–water partition coefficient (Wildman–Crippen LogP) is 1.96. The summed E-state index contributed by atoms with van der Waals surface area (Å²) in [5.41, 5.74) is 2.96. The molecule has 0 aliphatic carbocycles. The summed E-state index contributed by atoms with van der Waals surface area (Å²) < 4.78 is 10.1. The molecule has 0 spiro atoms. The molecule has 1 heterocycles. The molecule has 0 saturated carbocycles. The minimum Gasteiger partial charge on any atom is -0.454 e. The lowest BCUT2D eigenvalue weighted by molar-refractivity contribution is -0.156. The first kappa shape index (κ1) is 14.5. The van der Waals surface area contributed by atoms with Crippen LogP contribution in [-0.4, -0.2) is 31.2 Å². The molecule has 1 aliphatic rings. The van der Waals surface area contributed by atoms with Gasteiger partial charge < -0.3 is 14.8 Å². The van der Waals surface area contributed by atoms with Gasteiger partial charge in [-0.2, -0.15) is 0 Å². The van der Waals surface area contributed by atoms with E-state index in [1.165, 1.54) is 0 Å². The Bertz CT molecular complexity index is 507. The van der Waals surface area contributed by atoms with Crippen molar-refractivity contribution in [1.29, 1.82) is 0 Å². The van der Waals surface area contributed by atoms with Crippen molar-refractivity contribution in [3.8, 4) is 0 Å². The molecule has 1 N–H and O–H groups in total. The highest BCUT2D eigenvalue weighted by Crippen LogP contribution is 2.15. The monoisotopic (exact) mass is 277 g/mol. The standard InChI is InChI=1S/C15H19NO4/c1-10-5-6-12(8-11(10)2)16-14(17)9-20-15(18)13-4-3-7-19-13/h5-6,8,13H,3-4,7,9H2,1-2H3,(H,16,17)/t13-/m1/s1. The van der Waals surface area contributed by atoms with E-state index in [0.717, 1.165) is 17.5 Å². The van der Waals surface area contributed by atoms with Crippen molar-refractivity contribution in [2.75, 3.05) is 18.5 Å². The normalized spacial score (nSPS) is 17.8. The van der Waals surface area contributed by atoms with E-state index >= 15 is 0 Å². The van der Waals surface area contributed by atoms with Crippen molar-refractivity contribution in [2.45, 2.75) is 32.8 Å². The van der Waals surface area contributed by atoms with Gasteiger partial charge in [-0.3, -0.25) is 4.79 Å². The average molecular weight is 277 g/mol. The first-order valence-electron chi connectivity index (χ1n) is 6.71. The maximum absolute atomic E-state index is 11.7. The number of ether oxygens (including phenoxy) is 2. The van der Waals surface area contributed by atoms with Crippen LogP contribution < -0.4 is 5.32 Å². The Morgan fingerprint density at radius 2 is 2.15 bits per heavy atom. The Balaban J connectivity index is 1.80. The van der Waals surface area contributed by atoms with Gasteiger partial charge in [0.2, 0.25) is 0 Å². The van der Waals surface area contributed by atoms with Gasteiger partial charge in [0.15, 0.2) is 12.7 Å². The summed E-state index contributed by atoms with van der Waals surface area (Å²) in [6.07, 6.45) is 1.01. The van der Waals surface area contributed by atoms with Gasteiger partial charge in [0.25, 0.3) is 5.91 Å². The van der Waals surface area contributed by atoms with E-state index in [9.17, 15) is 9.59 Å². The molecule has 0 radical (unpaired) electrons. The van der Waals surface area contributed by atoms with Crippen LogP contribution >= 0.6 is 0 Å². The lowest BCUT2D eigenvalue weighted by atomic mass is 10.1. The SMILES string of the molecule is Cc1ccc(NC(=O)COC(=O)[C@H]2CCCO2)cc1C. The number of carbonyl (C=O) groups excluding carboxylic acids is 2. The van der Waals surface area contributed by atoms with Gasteiger partial charge in [-0.05, 0) is 49.9 Å². The summed E-state index contributed by atoms with van der Waals surface area (Å²) >= 11 is 0. The molecular weight excluding hydrogens is 258 g/mol. The fourth-order valence-corrected chi connectivity index (χ4v) is 2.01. The molecule has 2 rings (SSSR count). The van der Waals surface area contributed by atoms with Crippen LogP contribution in [0.3, 0.4) is 0 Å². The Labute approximate surface area is 118 Å². The summed E-state index contributed by atoms with van der Waals surface area (Å²) in [6, 6.07) is 5.64. The van der Waals surface area contributed by atoms with E-state index in [0.29, 0.717) is 18.7 Å². The van der Waals surface area contributed by atoms with Gasteiger partial charge in [-0.1, -0.05) is 6.07 Å². The number of aryl methyl sites for hydroxylation is 2. The number of nitrogens with one attached hydrogen (secondary N) is 1. The molecule has 1 amide bonds. The molecule has 0 unspecified atom stereocenters. The van der Waals surface area contributed by atoms with Gasteiger partial charge in [-0.25, -0.2) is 4.79 Å². The predicted molar refractivity (Wildman–Crippen MR) is 74.5 cm³/mol. The van der Waals surface area contributed by atoms with E-state index in [1.807, 2.05) is 32.0 Å². The van der Waals surface area contributed by atoms with Crippen molar-refractivity contribution >= 4 is 17.6 Å². The third-order valence-electron chi connectivity index (χ3n) is 3.33. The molecule has 0 bridgehead atoms. The minimum absolute atomic E-state index is 0.286. The molecule has 5 nitrogen and oxygen atoms in total. The van der Waals surface area contributed by atoms with Crippen LogP contribution in [0, 0.1) is 13.8 Å². The second kappa shape index (κ2) is 6.52. The molecule has 1 fully saturated rings. The molecule has 20 heavy (non-hydrogen) atoms. The van der Waals surface area contributed by atoms with Crippen molar-refractivity contribution in [1.82, 2.24) is 0 Å². The fraction of sp³-hybridized carbons (Fsp3) is 0.467. The van der Waals surface area contributed by atoms with Gasteiger partial charge in [0.1, 0.15) is 0 Å². The number of amides is 1. The second-order valence-corrected chi connectivity index (χ2v) is 4.96. The van der Waals surface area contributed by atoms with E-state index < -0.39 is 12.1 Å². The van der Waals surface area contributed by atoms with Gasteiger partial charge in [-0.15, -0.1) is 0 Å². The van der Waals surface area contributed by atoms with E-state index in [2.05, 4.69) is 5.32 Å². The van der Waals surface area contributed by atoms with Gasteiger partial charge in [0.05, 0.1) is 0 Å². The topological polar surface area (TPSA) is 64.6 Å². The Morgan fingerprint density at radius 1 is 1.35 bits per heavy atom. The van der Waals surface area contributed by atoms with Gasteiger partial charge >= 0.3 is 5.97 Å².